The molecule has 7 nitrogen and oxygen atoms in total. The molecule has 1 aromatic heterocycles. The second kappa shape index (κ2) is 7.19. The minimum absolute atomic E-state index is 0.00590. The first-order valence-corrected chi connectivity index (χ1v) is 10.5. The predicted molar refractivity (Wildman–Crippen MR) is 96.6 cm³/mol. The topological polar surface area (TPSA) is 82.7 Å². The monoisotopic (exact) mass is 369 g/mol. The maximum Gasteiger partial charge on any atom is 0.187 e. The number of hydrogen-bond acceptors (Lipinski definition) is 6. The van der Waals surface area contributed by atoms with Gasteiger partial charge in [0.15, 0.2) is 15.3 Å². The van der Waals surface area contributed by atoms with E-state index in [0.717, 1.165) is 30.9 Å². The van der Waals surface area contributed by atoms with Gasteiger partial charge >= 0.3 is 0 Å². The first-order chi connectivity index (χ1) is 11.8. The zero-order valence-corrected chi connectivity index (χ0v) is 15.9. The molecule has 1 aromatic rings. The number of ether oxygens (including phenoxy) is 1. The van der Waals surface area contributed by atoms with E-state index in [9.17, 15) is 13.2 Å². The molecule has 0 bridgehead atoms. The fourth-order valence-corrected chi connectivity index (χ4v) is 5.99. The van der Waals surface area contributed by atoms with Crippen LogP contribution >= 0.6 is 0 Å². The van der Waals surface area contributed by atoms with E-state index in [1.807, 2.05) is 6.92 Å². The van der Waals surface area contributed by atoms with Crippen LogP contribution < -0.4 is 5.43 Å². The molecule has 0 aromatic carbocycles. The van der Waals surface area contributed by atoms with Crippen LogP contribution in [0.15, 0.2) is 11.0 Å². The summed E-state index contributed by atoms with van der Waals surface area (Å²) in [4.78, 5) is 19.8. The summed E-state index contributed by atoms with van der Waals surface area (Å²) in [6.45, 7) is 7.17. The summed E-state index contributed by atoms with van der Waals surface area (Å²) in [5.41, 5.74) is 2.36. The third kappa shape index (κ3) is 3.81. The summed E-state index contributed by atoms with van der Waals surface area (Å²) < 4.78 is 29.6. The molecule has 8 heteroatoms. The number of hydrogen-bond donors (Lipinski definition) is 1. The van der Waals surface area contributed by atoms with Crippen molar-refractivity contribution in [1.29, 1.82) is 0 Å². The number of piperazine rings is 1. The van der Waals surface area contributed by atoms with Crippen molar-refractivity contribution in [3.63, 3.8) is 0 Å². The van der Waals surface area contributed by atoms with Gasteiger partial charge in [0.2, 0.25) is 0 Å². The predicted octanol–water partition coefficient (Wildman–Crippen LogP) is -0.0787. The number of rotatable bonds is 5. The normalized spacial score (nSPS) is 26.7. The highest BCUT2D eigenvalue weighted by atomic mass is 32.2. The zero-order chi connectivity index (χ0) is 18.2. The number of methoxy groups -OCH3 is 1. The lowest BCUT2D eigenvalue weighted by molar-refractivity contribution is 0.0246. The Morgan fingerprint density at radius 3 is 2.52 bits per heavy atom. The summed E-state index contributed by atoms with van der Waals surface area (Å²) in [6.07, 6.45) is 1.74. The van der Waals surface area contributed by atoms with Crippen LogP contribution in [0.4, 0.5) is 0 Å². The lowest BCUT2D eigenvalue weighted by Crippen LogP contribution is -2.59. The summed E-state index contributed by atoms with van der Waals surface area (Å²) in [5.74, 6) is 0.400. The Labute approximate surface area is 148 Å². The summed E-state index contributed by atoms with van der Waals surface area (Å²) in [5, 5.41) is 0. The fourth-order valence-electron chi connectivity index (χ4n) is 3.95. The number of nitrogens with zero attached hydrogens (tertiary/aromatic N) is 2. The average Bonchev–Trinajstić information content (AvgIpc) is 2.90. The fraction of sp³-hybridized carbons (Fsp3) is 0.706. The van der Waals surface area contributed by atoms with E-state index < -0.39 is 9.84 Å². The Kier molecular flexibility index (Phi) is 5.34. The van der Waals surface area contributed by atoms with Gasteiger partial charge in [0.25, 0.3) is 0 Å². The lowest BCUT2D eigenvalue weighted by atomic mass is 10.0. The standard InChI is InChI=1S/C17H27N3O4S/c1-12-8-18-14(13(2)17(12)21)9-20-5-4-19(6-7-24-3)15-10-25(22,23)11-16(15)20/h8,15-16H,4-7,9-11H2,1-3H3,(H,18,21)/t15-,16+/m1/s1. The molecule has 1 N–H and O–H groups in total. The molecule has 2 fully saturated rings. The van der Waals surface area contributed by atoms with Gasteiger partial charge in [-0.05, 0) is 13.8 Å². The lowest BCUT2D eigenvalue weighted by Gasteiger charge is -2.44. The van der Waals surface area contributed by atoms with Crippen LogP contribution in [0.3, 0.4) is 0 Å². The summed E-state index contributed by atoms with van der Waals surface area (Å²) >= 11 is 0. The Hall–Kier alpha value is -1.22. The van der Waals surface area contributed by atoms with Crippen LogP contribution in [0, 0.1) is 13.8 Å². The number of aromatic nitrogens is 1. The van der Waals surface area contributed by atoms with Crippen LogP contribution in [0.5, 0.6) is 0 Å². The van der Waals surface area contributed by atoms with Crippen molar-refractivity contribution < 1.29 is 13.2 Å². The van der Waals surface area contributed by atoms with Crippen LogP contribution in [0.2, 0.25) is 0 Å². The third-order valence-corrected chi connectivity index (χ3v) is 7.16. The van der Waals surface area contributed by atoms with E-state index in [-0.39, 0.29) is 29.0 Å². The molecule has 0 spiro atoms. The van der Waals surface area contributed by atoms with E-state index in [2.05, 4.69) is 14.8 Å². The molecule has 3 heterocycles. The maximum atomic E-state index is 12.2. The van der Waals surface area contributed by atoms with Crippen molar-refractivity contribution in [2.75, 3.05) is 44.9 Å². The number of aromatic amines is 1. The Balaban J connectivity index is 1.81. The van der Waals surface area contributed by atoms with Gasteiger partial charge in [0, 0.05) is 68.4 Å². The highest BCUT2D eigenvalue weighted by Gasteiger charge is 2.46. The third-order valence-electron chi connectivity index (χ3n) is 5.46. The Morgan fingerprint density at radius 2 is 1.84 bits per heavy atom. The summed E-state index contributed by atoms with van der Waals surface area (Å²) in [6, 6.07) is -0.0220. The minimum Gasteiger partial charge on any atom is -0.383 e. The zero-order valence-electron chi connectivity index (χ0n) is 15.1. The molecule has 140 valence electrons. The van der Waals surface area contributed by atoms with Crippen molar-refractivity contribution in [3.05, 3.63) is 33.2 Å². The molecule has 2 aliphatic rings. The Morgan fingerprint density at radius 1 is 1.20 bits per heavy atom. The van der Waals surface area contributed by atoms with Crippen molar-refractivity contribution >= 4 is 9.84 Å². The molecule has 0 aliphatic carbocycles. The quantitative estimate of drug-likeness (QED) is 0.782. The van der Waals surface area contributed by atoms with Crippen LogP contribution in [-0.2, 0) is 21.1 Å². The van der Waals surface area contributed by atoms with Crippen molar-refractivity contribution in [3.8, 4) is 0 Å². The number of fused-ring (bicyclic) bond motifs is 1. The van der Waals surface area contributed by atoms with Crippen LogP contribution in [0.1, 0.15) is 16.8 Å². The largest absolute Gasteiger partial charge is 0.383 e. The number of sulfone groups is 1. The van der Waals surface area contributed by atoms with Crippen molar-refractivity contribution in [2.45, 2.75) is 32.5 Å². The molecule has 0 radical (unpaired) electrons. The Bertz CT molecular complexity index is 790. The molecular weight excluding hydrogens is 342 g/mol. The molecule has 0 unspecified atom stereocenters. The van der Waals surface area contributed by atoms with Crippen molar-refractivity contribution in [2.24, 2.45) is 0 Å². The van der Waals surface area contributed by atoms with E-state index in [1.165, 1.54) is 0 Å². The number of H-pyrrole nitrogens is 1. The SMILES string of the molecule is COCCN1CCN(Cc2[nH]cc(C)c(=O)c2C)[C@H]2CS(=O)(=O)C[C@H]21. The van der Waals surface area contributed by atoms with Gasteiger partial charge in [-0.2, -0.15) is 0 Å². The number of nitrogens with one attached hydrogen (secondary N) is 1. The molecule has 2 aliphatic heterocycles. The molecule has 2 atom stereocenters. The number of pyridine rings is 1. The van der Waals surface area contributed by atoms with E-state index in [0.29, 0.717) is 18.7 Å². The smallest absolute Gasteiger partial charge is 0.187 e. The molecular formula is C17H27N3O4S. The number of aryl methyl sites for hydroxylation is 1. The van der Waals surface area contributed by atoms with Crippen LogP contribution in [-0.4, -0.2) is 80.1 Å². The van der Waals surface area contributed by atoms with Gasteiger partial charge in [0.05, 0.1) is 18.1 Å². The van der Waals surface area contributed by atoms with Gasteiger partial charge in [0.1, 0.15) is 0 Å². The van der Waals surface area contributed by atoms with Gasteiger partial charge < -0.3 is 9.72 Å². The first kappa shape index (κ1) is 18.6. The highest BCUT2D eigenvalue weighted by molar-refractivity contribution is 7.91. The van der Waals surface area contributed by atoms with Gasteiger partial charge in [-0.1, -0.05) is 0 Å². The second-order valence-electron chi connectivity index (χ2n) is 7.12. The molecule has 25 heavy (non-hydrogen) atoms. The first-order valence-electron chi connectivity index (χ1n) is 8.67. The second-order valence-corrected chi connectivity index (χ2v) is 9.27. The summed E-state index contributed by atoms with van der Waals surface area (Å²) in [7, 11) is -1.37. The highest BCUT2D eigenvalue weighted by Crippen LogP contribution is 2.28. The van der Waals surface area contributed by atoms with Crippen LogP contribution in [0.25, 0.3) is 0 Å². The van der Waals surface area contributed by atoms with E-state index >= 15 is 0 Å². The molecule has 3 rings (SSSR count). The molecule has 0 saturated carbocycles. The van der Waals surface area contributed by atoms with Gasteiger partial charge in [-0.15, -0.1) is 0 Å². The molecule has 2 saturated heterocycles. The van der Waals surface area contributed by atoms with Gasteiger partial charge in [-0.3, -0.25) is 14.6 Å². The maximum absolute atomic E-state index is 12.2. The average molecular weight is 369 g/mol. The van der Waals surface area contributed by atoms with Gasteiger partial charge in [-0.25, -0.2) is 8.42 Å². The van der Waals surface area contributed by atoms with E-state index in [4.69, 9.17) is 4.74 Å². The minimum atomic E-state index is -3.03. The van der Waals surface area contributed by atoms with E-state index in [1.54, 1.807) is 20.2 Å². The molecule has 0 amide bonds. The van der Waals surface area contributed by atoms with Crippen molar-refractivity contribution in [1.82, 2.24) is 14.8 Å².